The molecule has 2 aliphatic rings. The zero-order chi connectivity index (χ0) is 23.7. The Balaban J connectivity index is 0.000000224. The molecule has 5 heterocycles. The zero-order valence-corrected chi connectivity index (χ0v) is 27.5. The molecule has 0 unspecified atom stereocenters. The second-order valence-corrected chi connectivity index (χ2v) is 10.9. The van der Waals surface area contributed by atoms with Gasteiger partial charge in [0.25, 0.3) is 0 Å². The summed E-state index contributed by atoms with van der Waals surface area (Å²) in [5.74, 6) is 0. The van der Waals surface area contributed by atoms with E-state index < -0.39 is 0 Å². The first-order valence-corrected chi connectivity index (χ1v) is 13.4. The van der Waals surface area contributed by atoms with E-state index in [1.165, 1.54) is 0 Å². The predicted octanol–water partition coefficient (Wildman–Crippen LogP) is 9.39. The van der Waals surface area contributed by atoms with Gasteiger partial charge in [0.2, 0.25) is 0 Å². The number of benzene rings is 1. The van der Waals surface area contributed by atoms with Gasteiger partial charge in [0, 0.05) is 59.4 Å². The summed E-state index contributed by atoms with van der Waals surface area (Å²) in [5, 5.41) is 0. The Morgan fingerprint density at radius 3 is 1.20 bits per heavy atom. The van der Waals surface area contributed by atoms with Gasteiger partial charge in [0.05, 0.1) is 22.8 Å². The molecule has 0 amide bonds. The third-order valence-electron chi connectivity index (χ3n) is 5.03. The van der Waals surface area contributed by atoms with E-state index in [0.717, 1.165) is 62.7 Å². The maximum Gasteiger partial charge on any atom is 0.0659 e. The van der Waals surface area contributed by atoms with E-state index in [0.29, 0.717) is 0 Å². The van der Waals surface area contributed by atoms with Crippen LogP contribution in [0.5, 0.6) is 0 Å². The summed E-state index contributed by atoms with van der Waals surface area (Å²) in [6.45, 7) is 0. The second kappa shape index (κ2) is 11.6. The van der Waals surface area contributed by atoms with Crippen molar-refractivity contribution < 1.29 is 19.5 Å². The average Bonchev–Trinajstić information content (AvgIpc) is 3.61. The SMILES string of the molecule is Brc1ccc(Br)c(Br)c1Br.C1=Cc2cc3ccc(cc4ccc(cc5nc(cc1n2)C=C5)[nH]4)[nH]3.[Zn]. The van der Waals surface area contributed by atoms with Crippen molar-refractivity contribution in [2.75, 3.05) is 0 Å². The van der Waals surface area contributed by atoms with Crippen LogP contribution in [-0.4, -0.2) is 19.9 Å². The van der Waals surface area contributed by atoms with Crippen LogP contribution >= 0.6 is 63.7 Å². The van der Waals surface area contributed by atoms with Gasteiger partial charge in [-0.15, -0.1) is 0 Å². The number of hydrogen-bond donors (Lipinski definition) is 2. The molecule has 9 heteroatoms. The topological polar surface area (TPSA) is 57.4 Å². The van der Waals surface area contributed by atoms with Gasteiger partial charge in [-0.2, -0.15) is 0 Å². The van der Waals surface area contributed by atoms with Crippen LogP contribution in [0.3, 0.4) is 0 Å². The number of aromatic nitrogens is 4. The van der Waals surface area contributed by atoms with Gasteiger partial charge < -0.3 is 9.97 Å². The van der Waals surface area contributed by atoms with Crippen LogP contribution in [0.4, 0.5) is 0 Å². The van der Waals surface area contributed by atoms with Crippen LogP contribution in [0.25, 0.3) is 46.4 Å². The minimum atomic E-state index is 0. The normalized spacial score (nSPS) is 11.5. The molecule has 0 saturated carbocycles. The van der Waals surface area contributed by atoms with Gasteiger partial charge in [-0.3, -0.25) is 0 Å². The molecule has 1 aromatic carbocycles. The van der Waals surface area contributed by atoms with Crippen molar-refractivity contribution in [2.45, 2.75) is 0 Å². The van der Waals surface area contributed by atoms with Crippen LogP contribution in [-0.2, 0) is 19.5 Å². The number of rotatable bonds is 0. The zero-order valence-electron chi connectivity index (χ0n) is 18.2. The van der Waals surface area contributed by atoms with Crippen LogP contribution in [0, 0.1) is 0 Å². The van der Waals surface area contributed by atoms with Gasteiger partial charge in [0.15, 0.2) is 0 Å². The van der Waals surface area contributed by atoms with E-state index in [9.17, 15) is 0 Å². The van der Waals surface area contributed by atoms with Gasteiger partial charge >= 0.3 is 0 Å². The van der Waals surface area contributed by atoms with Gasteiger partial charge in [-0.1, -0.05) is 0 Å². The first-order chi connectivity index (χ1) is 16.4. The van der Waals surface area contributed by atoms with Gasteiger partial charge in [0.1, 0.15) is 0 Å². The first-order valence-electron chi connectivity index (χ1n) is 10.3. The predicted molar refractivity (Wildman–Crippen MR) is 156 cm³/mol. The third kappa shape index (κ3) is 6.58. The maximum atomic E-state index is 4.62. The molecule has 4 nitrogen and oxygen atoms in total. The minimum absolute atomic E-state index is 0. The van der Waals surface area contributed by atoms with Crippen LogP contribution < -0.4 is 0 Å². The summed E-state index contributed by atoms with van der Waals surface area (Å²) >= 11 is 13.6. The monoisotopic (exact) mass is 764 g/mol. The van der Waals surface area contributed by atoms with Crippen LogP contribution in [0.1, 0.15) is 22.8 Å². The molecule has 6 rings (SSSR count). The number of halogens is 4. The van der Waals surface area contributed by atoms with Crippen LogP contribution in [0.2, 0.25) is 0 Å². The molecule has 4 aromatic rings. The number of H-pyrrole nitrogens is 2. The molecule has 0 atom stereocenters. The average molecular weight is 769 g/mol. The molecule has 0 saturated heterocycles. The molecule has 2 N–H and O–H groups in total. The number of nitrogens with zero attached hydrogens (tertiary/aromatic N) is 2. The largest absolute Gasteiger partial charge is 0.355 e. The van der Waals surface area contributed by atoms with Crippen molar-refractivity contribution in [3.63, 3.8) is 0 Å². The number of fused-ring (bicyclic) bond motifs is 8. The molecule has 8 bridgehead atoms. The molecule has 3 aromatic heterocycles. The molecule has 0 aliphatic carbocycles. The number of nitrogens with one attached hydrogen (secondary N) is 2. The van der Waals surface area contributed by atoms with Crippen molar-refractivity contribution in [1.29, 1.82) is 0 Å². The fourth-order valence-electron chi connectivity index (χ4n) is 3.45. The summed E-state index contributed by atoms with van der Waals surface area (Å²) in [6.07, 6.45) is 8.05. The van der Waals surface area contributed by atoms with E-state index >= 15 is 0 Å². The molecule has 0 spiro atoms. The van der Waals surface area contributed by atoms with Crippen molar-refractivity contribution in [3.8, 4) is 0 Å². The quantitative estimate of drug-likeness (QED) is 0.0920. The Morgan fingerprint density at radius 1 is 0.457 bits per heavy atom. The van der Waals surface area contributed by atoms with E-state index in [4.69, 9.17) is 0 Å². The van der Waals surface area contributed by atoms with E-state index in [-0.39, 0.29) is 19.5 Å². The van der Waals surface area contributed by atoms with E-state index in [1.54, 1.807) is 0 Å². The molecule has 170 valence electrons. The Morgan fingerprint density at radius 2 is 0.800 bits per heavy atom. The standard InChI is InChI=1S/C20H14N4.C6H2Br4.Zn/c1-2-14-10-16-5-6-18(23-16)12-20-8-7-19(24-20)11-17-4-3-15(22-17)9-13(1)21-14;7-3-1-2-4(8)6(10)5(3)9;/h1-12,21-22H;1-2H;. The van der Waals surface area contributed by atoms with Crippen molar-refractivity contribution in [1.82, 2.24) is 19.9 Å². The minimum Gasteiger partial charge on any atom is -0.355 e. The molecular formula is C26H16Br4N4Zn. The Kier molecular flexibility index (Phi) is 8.77. The Bertz CT molecular complexity index is 1500. The summed E-state index contributed by atoms with van der Waals surface area (Å²) in [6, 6.07) is 20.3. The maximum absolute atomic E-state index is 4.62. The fraction of sp³-hybridized carbons (Fsp3) is 0. The Labute approximate surface area is 248 Å². The second-order valence-electron chi connectivity index (χ2n) is 7.56. The van der Waals surface area contributed by atoms with Crippen molar-refractivity contribution >= 4 is 110 Å². The summed E-state index contributed by atoms with van der Waals surface area (Å²) in [4.78, 5) is 16.0. The third-order valence-corrected chi connectivity index (χ3v) is 9.60. The van der Waals surface area contributed by atoms with E-state index in [1.807, 2.05) is 54.6 Å². The van der Waals surface area contributed by atoms with Crippen LogP contribution in [0.15, 0.2) is 78.6 Å². The molecule has 0 fully saturated rings. The molecular weight excluding hydrogens is 753 g/mol. The summed E-state index contributed by atoms with van der Waals surface area (Å²) < 4.78 is 4.15. The molecule has 35 heavy (non-hydrogen) atoms. The molecule has 2 aliphatic heterocycles. The van der Waals surface area contributed by atoms with Gasteiger partial charge in [-0.25, -0.2) is 9.97 Å². The number of aromatic amines is 2. The molecule has 0 radical (unpaired) electrons. The smallest absolute Gasteiger partial charge is 0.0659 e. The fourth-order valence-corrected chi connectivity index (χ4v) is 5.33. The number of hydrogen-bond acceptors (Lipinski definition) is 2. The Hall–Kier alpha value is -1.64. The summed E-state index contributed by atoms with van der Waals surface area (Å²) in [5.41, 5.74) is 7.86. The van der Waals surface area contributed by atoms with Crippen molar-refractivity contribution in [2.24, 2.45) is 0 Å². The summed E-state index contributed by atoms with van der Waals surface area (Å²) in [7, 11) is 0. The first kappa shape index (κ1) is 26.4. The van der Waals surface area contributed by atoms with Gasteiger partial charge in [-0.05, 0) is 149 Å². The van der Waals surface area contributed by atoms with E-state index in [2.05, 4.69) is 114 Å². The van der Waals surface area contributed by atoms with Crippen molar-refractivity contribution in [3.05, 3.63) is 101 Å².